The van der Waals surface area contributed by atoms with Gasteiger partial charge in [-0.3, -0.25) is 10.1 Å². The molecule has 0 fully saturated rings. The lowest BCUT2D eigenvalue weighted by atomic mass is 10.1. The Kier molecular flexibility index (Phi) is 3.93. The van der Waals surface area contributed by atoms with E-state index in [9.17, 15) is 10.1 Å². The van der Waals surface area contributed by atoms with Gasteiger partial charge in [0.05, 0.1) is 4.92 Å². The van der Waals surface area contributed by atoms with Crippen molar-refractivity contribution in [1.29, 1.82) is 0 Å². The number of thioether (sulfide) groups is 1. The molecule has 7 heteroatoms. The van der Waals surface area contributed by atoms with Crippen LogP contribution in [0.25, 0.3) is 0 Å². The smallest absolute Gasteiger partial charge is 0.258 e. The highest BCUT2D eigenvalue weighted by Crippen LogP contribution is 2.17. The number of nitrogens with zero attached hydrogens (tertiary/aromatic N) is 4. The maximum atomic E-state index is 10.5. The molecule has 2 rings (SSSR count). The molecule has 0 unspecified atom stereocenters. The van der Waals surface area contributed by atoms with E-state index in [2.05, 4.69) is 10.1 Å². The highest BCUT2D eigenvalue weighted by Gasteiger charge is 2.05. The molecule has 0 amide bonds. The average Bonchev–Trinajstić information content (AvgIpc) is 2.76. The van der Waals surface area contributed by atoms with Crippen molar-refractivity contribution in [1.82, 2.24) is 14.8 Å². The predicted molar refractivity (Wildman–Crippen MR) is 68.5 cm³/mol. The average molecular weight is 264 g/mol. The fraction of sp³-hybridized carbons (Fsp3) is 0.273. The molecule has 18 heavy (non-hydrogen) atoms. The van der Waals surface area contributed by atoms with E-state index in [-0.39, 0.29) is 5.69 Å². The van der Waals surface area contributed by atoms with Gasteiger partial charge in [0, 0.05) is 24.9 Å². The monoisotopic (exact) mass is 264 g/mol. The molecule has 0 spiro atoms. The molecule has 0 saturated heterocycles. The first-order chi connectivity index (χ1) is 8.66. The Hall–Kier alpha value is -1.89. The maximum absolute atomic E-state index is 10.5. The summed E-state index contributed by atoms with van der Waals surface area (Å²) in [4.78, 5) is 14.2. The summed E-state index contributed by atoms with van der Waals surface area (Å²) in [5, 5.41) is 15.4. The van der Waals surface area contributed by atoms with E-state index in [0.717, 1.165) is 22.9 Å². The SMILES string of the molecule is Cn1ncnc1SCCc1ccc([N+](=O)[O-])cc1. The number of benzene rings is 1. The number of nitro groups is 1. The summed E-state index contributed by atoms with van der Waals surface area (Å²) in [5.41, 5.74) is 1.20. The van der Waals surface area contributed by atoms with Crippen molar-refractivity contribution in [3.05, 3.63) is 46.3 Å². The number of hydrogen-bond donors (Lipinski definition) is 0. The molecular weight excluding hydrogens is 252 g/mol. The first-order valence-corrected chi connectivity index (χ1v) is 6.35. The number of non-ortho nitro benzene ring substituents is 1. The molecule has 1 aromatic carbocycles. The molecule has 0 saturated carbocycles. The molecule has 1 aromatic heterocycles. The van der Waals surface area contributed by atoms with Crippen molar-refractivity contribution in [2.24, 2.45) is 7.05 Å². The third kappa shape index (κ3) is 3.07. The standard InChI is InChI=1S/C11H12N4O2S/c1-14-11(12-8-13-14)18-7-6-9-2-4-10(5-3-9)15(16)17/h2-5,8H,6-7H2,1H3. The highest BCUT2D eigenvalue weighted by atomic mass is 32.2. The molecule has 0 aliphatic rings. The fourth-order valence-electron chi connectivity index (χ4n) is 1.46. The van der Waals surface area contributed by atoms with Crippen LogP contribution in [0.2, 0.25) is 0 Å². The van der Waals surface area contributed by atoms with Gasteiger partial charge in [0.15, 0.2) is 5.16 Å². The lowest BCUT2D eigenvalue weighted by Gasteiger charge is -2.01. The summed E-state index contributed by atoms with van der Waals surface area (Å²) >= 11 is 1.61. The van der Waals surface area contributed by atoms with Crippen LogP contribution >= 0.6 is 11.8 Å². The van der Waals surface area contributed by atoms with E-state index in [1.807, 2.05) is 7.05 Å². The topological polar surface area (TPSA) is 73.8 Å². The van der Waals surface area contributed by atoms with Crippen LogP contribution in [0.15, 0.2) is 35.7 Å². The highest BCUT2D eigenvalue weighted by molar-refractivity contribution is 7.99. The second-order valence-electron chi connectivity index (χ2n) is 3.69. The molecule has 0 aliphatic heterocycles. The number of nitro benzene ring substituents is 1. The van der Waals surface area contributed by atoms with E-state index >= 15 is 0 Å². The zero-order chi connectivity index (χ0) is 13.0. The van der Waals surface area contributed by atoms with Gasteiger partial charge in [-0.1, -0.05) is 23.9 Å². The molecular formula is C11H12N4O2S. The maximum Gasteiger partial charge on any atom is 0.269 e. The van der Waals surface area contributed by atoms with Crippen molar-refractivity contribution >= 4 is 17.4 Å². The van der Waals surface area contributed by atoms with E-state index < -0.39 is 4.92 Å². The number of rotatable bonds is 5. The summed E-state index contributed by atoms with van der Waals surface area (Å²) in [6.07, 6.45) is 2.36. The van der Waals surface area contributed by atoms with Gasteiger partial charge < -0.3 is 0 Å². The summed E-state index contributed by atoms with van der Waals surface area (Å²) in [6, 6.07) is 6.63. The van der Waals surface area contributed by atoms with Crippen LogP contribution in [0.1, 0.15) is 5.56 Å². The Morgan fingerprint density at radius 1 is 1.39 bits per heavy atom. The second-order valence-corrected chi connectivity index (χ2v) is 4.75. The van der Waals surface area contributed by atoms with Crippen LogP contribution in [0.3, 0.4) is 0 Å². The zero-order valence-electron chi connectivity index (χ0n) is 9.81. The minimum absolute atomic E-state index is 0.125. The van der Waals surface area contributed by atoms with E-state index in [1.165, 1.54) is 18.5 Å². The van der Waals surface area contributed by atoms with Gasteiger partial charge in [0.2, 0.25) is 0 Å². The summed E-state index contributed by atoms with van der Waals surface area (Å²) < 4.78 is 1.72. The van der Waals surface area contributed by atoms with Gasteiger partial charge in [-0.25, -0.2) is 9.67 Å². The summed E-state index contributed by atoms with van der Waals surface area (Å²) in [7, 11) is 1.85. The lowest BCUT2D eigenvalue weighted by molar-refractivity contribution is -0.384. The van der Waals surface area contributed by atoms with Crippen LogP contribution in [-0.2, 0) is 13.5 Å². The lowest BCUT2D eigenvalue weighted by Crippen LogP contribution is -1.95. The molecule has 0 atom stereocenters. The van der Waals surface area contributed by atoms with Gasteiger partial charge in [-0.2, -0.15) is 5.10 Å². The largest absolute Gasteiger partial charge is 0.269 e. The second kappa shape index (κ2) is 5.63. The van der Waals surface area contributed by atoms with Crippen molar-refractivity contribution in [3.63, 3.8) is 0 Å². The van der Waals surface area contributed by atoms with E-state index in [0.29, 0.717) is 0 Å². The van der Waals surface area contributed by atoms with Crippen molar-refractivity contribution in [3.8, 4) is 0 Å². The molecule has 0 radical (unpaired) electrons. The van der Waals surface area contributed by atoms with E-state index in [1.54, 1.807) is 28.6 Å². The van der Waals surface area contributed by atoms with Gasteiger partial charge >= 0.3 is 0 Å². The summed E-state index contributed by atoms with van der Waals surface area (Å²) in [6.45, 7) is 0. The first kappa shape index (κ1) is 12.6. The number of aromatic nitrogens is 3. The molecule has 0 N–H and O–H groups in total. The zero-order valence-corrected chi connectivity index (χ0v) is 10.6. The molecule has 2 aromatic rings. The van der Waals surface area contributed by atoms with Crippen LogP contribution < -0.4 is 0 Å². The van der Waals surface area contributed by atoms with Crippen LogP contribution in [0, 0.1) is 10.1 Å². The normalized spacial score (nSPS) is 10.5. The van der Waals surface area contributed by atoms with Crippen molar-refractivity contribution in [2.75, 3.05) is 5.75 Å². The first-order valence-electron chi connectivity index (χ1n) is 5.37. The molecule has 6 nitrogen and oxygen atoms in total. The molecule has 0 aliphatic carbocycles. The number of hydrogen-bond acceptors (Lipinski definition) is 5. The molecule has 0 bridgehead atoms. The predicted octanol–water partition coefficient (Wildman–Crippen LogP) is 2.06. The third-order valence-corrected chi connectivity index (χ3v) is 3.47. The van der Waals surface area contributed by atoms with Gasteiger partial charge in [-0.15, -0.1) is 0 Å². The van der Waals surface area contributed by atoms with Gasteiger partial charge in [0.25, 0.3) is 5.69 Å². The summed E-state index contributed by atoms with van der Waals surface area (Å²) in [5.74, 6) is 0.865. The molecule has 94 valence electrons. The molecule has 1 heterocycles. The third-order valence-electron chi connectivity index (χ3n) is 2.44. The Morgan fingerprint density at radius 2 is 2.11 bits per heavy atom. The Balaban J connectivity index is 1.87. The number of aryl methyl sites for hydroxylation is 2. The van der Waals surface area contributed by atoms with Crippen molar-refractivity contribution < 1.29 is 4.92 Å². The van der Waals surface area contributed by atoms with Crippen molar-refractivity contribution in [2.45, 2.75) is 11.6 Å². The quantitative estimate of drug-likeness (QED) is 0.469. The Labute approximate surface area is 108 Å². The van der Waals surface area contributed by atoms with Gasteiger partial charge in [0.1, 0.15) is 6.33 Å². The van der Waals surface area contributed by atoms with Gasteiger partial charge in [-0.05, 0) is 12.0 Å². The van der Waals surface area contributed by atoms with Crippen LogP contribution in [0.5, 0.6) is 0 Å². The minimum atomic E-state index is -0.391. The van der Waals surface area contributed by atoms with Crippen LogP contribution in [0.4, 0.5) is 5.69 Å². The minimum Gasteiger partial charge on any atom is -0.258 e. The van der Waals surface area contributed by atoms with E-state index in [4.69, 9.17) is 0 Å². The Bertz CT molecular complexity index is 538. The van der Waals surface area contributed by atoms with Crippen LogP contribution in [-0.4, -0.2) is 25.4 Å². The fourth-order valence-corrected chi connectivity index (χ4v) is 2.34. The Morgan fingerprint density at radius 3 is 2.67 bits per heavy atom.